The first kappa shape index (κ1) is 15.6. The van der Waals surface area contributed by atoms with Gasteiger partial charge >= 0.3 is 0 Å². The van der Waals surface area contributed by atoms with Crippen molar-refractivity contribution < 1.29 is 9.72 Å². The number of allylic oxidation sites excluding steroid dienone is 2. The van der Waals surface area contributed by atoms with Gasteiger partial charge in [-0.1, -0.05) is 24.3 Å². The Kier molecular flexibility index (Phi) is 3.64. The number of nitro benzene ring substituents is 1. The lowest BCUT2D eigenvalue weighted by Crippen LogP contribution is -2.29. The summed E-state index contributed by atoms with van der Waals surface area (Å²) in [5, 5.41) is 14.6. The van der Waals surface area contributed by atoms with Crippen LogP contribution in [-0.4, -0.2) is 10.7 Å². The van der Waals surface area contributed by atoms with Crippen molar-refractivity contribution in [3.05, 3.63) is 81.4 Å². The summed E-state index contributed by atoms with van der Waals surface area (Å²) in [5.41, 5.74) is 3.88. The zero-order valence-corrected chi connectivity index (χ0v) is 13.8. The second-order valence-electron chi connectivity index (χ2n) is 6.69. The average Bonchev–Trinajstić information content (AvgIpc) is 3.10. The van der Waals surface area contributed by atoms with E-state index in [-0.39, 0.29) is 34.3 Å². The van der Waals surface area contributed by atoms with Crippen LogP contribution in [0.5, 0.6) is 0 Å². The van der Waals surface area contributed by atoms with Gasteiger partial charge in [0, 0.05) is 29.3 Å². The number of nitro groups is 1. The van der Waals surface area contributed by atoms with Crippen LogP contribution in [0.1, 0.15) is 46.8 Å². The fourth-order valence-electron chi connectivity index (χ4n) is 3.98. The highest BCUT2D eigenvalue weighted by Gasteiger charge is 2.38. The van der Waals surface area contributed by atoms with Crippen LogP contribution < -0.4 is 5.32 Å². The van der Waals surface area contributed by atoms with Gasteiger partial charge in [0.2, 0.25) is 0 Å². The Morgan fingerprint density at radius 2 is 2.08 bits per heavy atom. The number of anilines is 1. The summed E-state index contributed by atoms with van der Waals surface area (Å²) in [6.45, 7) is 1.58. The number of rotatable bonds is 3. The van der Waals surface area contributed by atoms with E-state index in [0.29, 0.717) is 5.56 Å². The molecule has 1 aliphatic carbocycles. The topological polar surface area (TPSA) is 72.2 Å². The van der Waals surface area contributed by atoms with Crippen LogP contribution in [0.4, 0.5) is 11.4 Å². The first-order chi connectivity index (χ1) is 12.0. The molecule has 2 aromatic carbocycles. The van der Waals surface area contributed by atoms with Crippen LogP contribution in [-0.2, 0) is 0 Å². The summed E-state index contributed by atoms with van der Waals surface area (Å²) in [6, 6.07) is 12.6. The second kappa shape index (κ2) is 5.84. The minimum atomic E-state index is -0.357. The molecule has 0 spiro atoms. The zero-order valence-electron chi connectivity index (χ0n) is 13.8. The molecule has 5 nitrogen and oxygen atoms in total. The number of Topliss-reactive ketones (excluding diaryl/α,β-unsaturated/α-hetero) is 1. The quantitative estimate of drug-likeness (QED) is 0.385. The Morgan fingerprint density at radius 1 is 1.24 bits per heavy atom. The molecular weight excluding hydrogens is 316 g/mol. The van der Waals surface area contributed by atoms with Gasteiger partial charge in [0.15, 0.2) is 5.78 Å². The zero-order chi connectivity index (χ0) is 17.6. The van der Waals surface area contributed by atoms with Gasteiger partial charge in [-0.15, -0.1) is 0 Å². The van der Waals surface area contributed by atoms with Crippen LogP contribution in [0.15, 0.2) is 54.6 Å². The molecule has 0 unspecified atom stereocenters. The molecule has 0 amide bonds. The monoisotopic (exact) mass is 334 g/mol. The number of ketones is 1. The van der Waals surface area contributed by atoms with Gasteiger partial charge in [-0.3, -0.25) is 14.9 Å². The van der Waals surface area contributed by atoms with Crippen molar-refractivity contribution in [2.75, 3.05) is 5.32 Å². The lowest BCUT2D eigenvalue weighted by atomic mass is 9.76. The fourth-order valence-corrected chi connectivity index (χ4v) is 3.98. The first-order valence-electron chi connectivity index (χ1n) is 8.37. The summed E-state index contributed by atoms with van der Waals surface area (Å²) in [4.78, 5) is 22.5. The van der Waals surface area contributed by atoms with E-state index >= 15 is 0 Å². The molecule has 5 heteroatoms. The van der Waals surface area contributed by atoms with Crippen molar-refractivity contribution >= 4 is 17.2 Å². The summed E-state index contributed by atoms with van der Waals surface area (Å²) in [7, 11) is 0. The number of hydrogen-bond donors (Lipinski definition) is 1. The molecule has 3 atom stereocenters. The minimum Gasteiger partial charge on any atom is -0.378 e. The van der Waals surface area contributed by atoms with Gasteiger partial charge in [0.25, 0.3) is 5.69 Å². The highest BCUT2D eigenvalue weighted by atomic mass is 16.6. The predicted octanol–water partition coefficient (Wildman–Crippen LogP) is 4.62. The van der Waals surface area contributed by atoms with Gasteiger partial charge in [-0.05, 0) is 48.6 Å². The third-order valence-electron chi connectivity index (χ3n) is 5.21. The van der Waals surface area contributed by atoms with Gasteiger partial charge in [-0.2, -0.15) is 0 Å². The van der Waals surface area contributed by atoms with Crippen LogP contribution >= 0.6 is 0 Å². The van der Waals surface area contributed by atoms with Crippen molar-refractivity contribution in [1.82, 2.24) is 0 Å². The van der Waals surface area contributed by atoms with Gasteiger partial charge in [0.1, 0.15) is 0 Å². The van der Waals surface area contributed by atoms with Crippen molar-refractivity contribution in [1.29, 1.82) is 0 Å². The molecule has 0 aromatic heterocycles. The first-order valence-corrected chi connectivity index (χ1v) is 8.37. The number of carbonyl (C=O) groups excluding carboxylic acids is 1. The van der Waals surface area contributed by atoms with E-state index in [1.54, 1.807) is 19.1 Å². The molecule has 1 heterocycles. The predicted molar refractivity (Wildman–Crippen MR) is 95.9 cm³/mol. The summed E-state index contributed by atoms with van der Waals surface area (Å²) >= 11 is 0. The van der Waals surface area contributed by atoms with E-state index in [2.05, 4.69) is 17.5 Å². The maximum absolute atomic E-state index is 11.7. The Balaban J connectivity index is 1.77. The number of fused-ring (bicyclic) bond motifs is 3. The standard InChI is InChI=1S/C20H18N2O3/c1-12(23)13-8-9-19-18(11-13)16-6-3-7-17(16)20(21-19)14-4-2-5-15(10-14)22(24)25/h2-6,8-11,16-17,20-21H,7H2,1H3/t16-,17+,20-/m0/s1. The van der Waals surface area contributed by atoms with E-state index in [1.807, 2.05) is 24.3 Å². The number of hydrogen-bond acceptors (Lipinski definition) is 4. The molecule has 126 valence electrons. The number of nitrogens with one attached hydrogen (secondary N) is 1. The molecule has 2 aromatic rings. The van der Waals surface area contributed by atoms with Gasteiger partial charge in [-0.25, -0.2) is 0 Å². The maximum atomic E-state index is 11.7. The van der Waals surface area contributed by atoms with E-state index in [9.17, 15) is 14.9 Å². The number of nitrogens with zero attached hydrogens (tertiary/aromatic N) is 1. The molecule has 1 aliphatic heterocycles. The van der Waals surface area contributed by atoms with Gasteiger partial charge < -0.3 is 5.32 Å². The molecule has 0 bridgehead atoms. The molecule has 0 saturated carbocycles. The second-order valence-corrected chi connectivity index (χ2v) is 6.69. The van der Waals surface area contributed by atoms with Crippen LogP contribution in [0.3, 0.4) is 0 Å². The molecule has 4 rings (SSSR count). The SMILES string of the molecule is CC(=O)c1ccc2c(c1)[C@H]1C=CC[C@H]1[C@H](c1cccc([N+](=O)[O-])c1)N2. The minimum absolute atomic E-state index is 0.00979. The van der Waals surface area contributed by atoms with E-state index < -0.39 is 0 Å². The van der Waals surface area contributed by atoms with Crippen molar-refractivity contribution in [3.63, 3.8) is 0 Å². The number of non-ortho nitro benzene ring substituents is 1. The Hall–Kier alpha value is -2.95. The van der Waals surface area contributed by atoms with Gasteiger partial charge in [0.05, 0.1) is 11.0 Å². The highest BCUT2D eigenvalue weighted by Crippen LogP contribution is 2.50. The Bertz CT molecular complexity index is 904. The molecule has 0 fully saturated rings. The largest absolute Gasteiger partial charge is 0.378 e. The molecule has 1 N–H and O–H groups in total. The Morgan fingerprint density at radius 3 is 2.84 bits per heavy atom. The van der Waals surface area contributed by atoms with Crippen molar-refractivity contribution in [2.45, 2.75) is 25.3 Å². The lowest BCUT2D eigenvalue weighted by molar-refractivity contribution is -0.384. The van der Waals surface area contributed by atoms with Crippen LogP contribution in [0.2, 0.25) is 0 Å². The normalized spacial score (nSPS) is 23.5. The molecule has 2 aliphatic rings. The smallest absolute Gasteiger partial charge is 0.269 e. The third-order valence-corrected chi connectivity index (χ3v) is 5.21. The van der Waals surface area contributed by atoms with E-state index in [4.69, 9.17) is 0 Å². The highest BCUT2D eigenvalue weighted by molar-refractivity contribution is 5.95. The Labute approximate surface area is 145 Å². The maximum Gasteiger partial charge on any atom is 0.269 e. The summed E-state index contributed by atoms with van der Waals surface area (Å²) in [6.07, 6.45) is 5.27. The number of carbonyl (C=O) groups is 1. The van der Waals surface area contributed by atoms with Crippen LogP contribution in [0.25, 0.3) is 0 Å². The molecule has 0 radical (unpaired) electrons. The summed E-state index contributed by atoms with van der Waals surface area (Å²) < 4.78 is 0. The molecule has 25 heavy (non-hydrogen) atoms. The average molecular weight is 334 g/mol. The van der Waals surface area contributed by atoms with Crippen molar-refractivity contribution in [2.24, 2.45) is 5.92 Å². The fraction of sp³-hybridized carbons (Fsp3) is 0.250. The number of benzene rings is 2. The molecular formula is C20H18N2O3. The molecule has 0 saturated heterocycles. The van der Waals surface area contributed by atoms with E-state index in [0.717, 1.165) is 23.2 Å². The van der Waals surface area contributed by atoms with Crippen LogP contribution in [0, 0.1) is 16.0 Å². The van der Waals surface area contributed by atoms with Crippen molar-refractivity contribution in [3.8, 4) is 0 Å². The van der Waals surface area contributed by atoms with E-state index in [1.165, 1.54) is 6.07 Å². The third kappa shape index (κ3) is 2.61. The summed E-state index contributed by atoms with van der Waals surface area (Å²) in [5.74, 6) is 0.568. The lowest BCUT2D eigenvalue weighted by Gasteiger charge is -2.37.